The summed E-state index contributed by atoms with van der Waals surface area (Å²) in [7, 11) is 0. The summed E-state index contributed by atoms with van der Waals surface area (Å²) in [5.74, 6) is 0.684. The van der Waals surface area contributed by atoms with E-state index >= 15 is 0 Å². The van der Waals surface area contributed by atoms with Crippen molar-refractivity contribution in [1.82, 2.24) is 10.3 Å². The molecule has 0 aliphatic rings. The largest absolute Gasteiger partial charge is 0.372 e. The Morgan fingerprint density at radius 1 is 1.39 bits per heavy atom. The van der Waals surface area contributed by atoms with Crippen molar-refractivity contribution in [2.24, 2.45) is 5.92 Å². The van der Waals surface area contributed by atoms with Gasteiger partial charge in [0, 0.05) is 11.9 Å². The number of rotatable bonds is 9. The second-order valence-electron chi connectivity index (χ2n) is 5.16. The molecule has 0 radical (unpaired) electrons. The molecule has 0 spiro atoms. The minimum atomic E-state index is 0.313. The predicted molar refractivity (Wildman–Crippen MR) is 77.8 cm³/mol. The van der Waals surface area contributed by atoms with E-state index in [1.807, 2.05) is 0 Å². The summed E-state index contributed by atoms with van der Waals surface area (Å²) in [6.45, 7) is 11.3. The van der Waals surface area contributed by atoms with E-state index in [1.165, 1.54) is 0 Å². The molecule has 104 valence electrons. The molecule has 0 bridgehead atoms. The summed E-state index contributed by atoms with van der Waals surface area (Å²) in [4.78, 5) is 4.56. The summed E-state index contributed by atoms with van der Waals surface area (Å²) in [6, 6.07) is 0. The lowest BCUT2D eigenvalue weighted by atomic mass is 10.1. The number of aromatic nitrogens is 1. The second kappa shape index (κ2) is 8.62. The fraction of sp³-hybridized carbons (Fsp3) is 0.786. The first-order valence-electron chi connectivity index (χ1n) is 6.87. The highest BCUT2D eigenvalue weighted by Gasteiger charge is 2.07. The van der Waals surface area contributed by atoms with Crippen molar-refractivity contribution >= 4 is 11.3 Å². The van der Waals surface area contributed by atoms with Gasteiger partial charge in [-0.15, -0.1) is 11.3 Å². The Bertz CT molecular complexity index is 325. The Balaban J connectivity index is 2.26. The van der Waals surface area contributed by atoms with E-state index < -0.39 is 0 Å². The molecular weight excluding hydrogens is 244 g/mol. The second-order valence-corrected chi connectivity index (χ2v) is 6.10. The molecule has 18 heavy (non-hydrogen) atoms. The molecule has 1 unspecified atom stereocenters. The maximum atomic E-state index is 5.80. The third kappa shape index (κ3) is 6.47. The maximum Gasteiger partial charge on any atom is 0.107 e. The smallest absolute Gasteiger partial charge is 0.107 e. The fourth-order valence-corrected chi connectivity index (χ4v) is 2.58. The Hall–Kier alpha value is -0.450. The van der Waals surface area contributed by atoms with Gasteiger partial charge in [0.15, 0.2) is 0 Å². The van der Waals surface area contributed by atoms with Gasteiger partial charge in [-0.2, -0.15) is 0 Å². The molecule has 3 nitrogen and oxygen atoms in total. The van der Waals surface area contributed by atoms with Crippen molar-refractivity contribution in [2.75, 3.05) is 6.54 Å². The molecule has 0 aliphatic carbocycles. The van der Waals surface area contributed by atoms with E-state index in [-0.39, 0.29) is 0 Å². The maximum absolute atomic E-state index is 5.80. The summed E-state index contributed by atoms with van der Waals surface area (Å²) in [6.07, 6.45) is 2.58. The number of nitrogens with one attached hydrogen (secondary N) is 1. The Labute approximate surface area is 115 Å². The van der Waals surface area contributed by atoms with Crippen LogP contribution in [0.3, 0.4) is 0 Å². The van der Waals surface area contributed by atoms with E-state index in [0.29, 0.717) is 18.6 Å². The van der Waals surface area contributed by atoms with Gasteiger partial charge in [0.05, 0.1) is 18.4 Å². The van der Waals surface area contributed by atoms with Crippen molar-refractivity contribution in [1.29, 1.82) is 0 Å². The molecule has 0 aliphatic heterocycles. The van der Waals surface area contributed by atoms with Gasteiger partial charge >= 0.3 is 0 Å². The molecule has 0 amide bonds. The van der Waals surface area contributed by atoms with Crippen LogP contribution in [0.15, 0.2) is 5.38 Å². The van der Waals surface area contributed by atoms with E-state index in [0.717, 1.165) is 36.6 Å². The molecule has 4 heteroatoms. The number of thiazole rings is 1. The summed E-state index contributed by atoms with van der Waals surface area (Å²) >= 11 is 1.71. The van der Waals surface area contributed by atoms with E-state index in [2.05, 4.69) is 43.4 Å². The van der Waals surface area contributed by atoms with E-state index in [4.69, 9.17) is 4.74 Å². The van der Waals surface area contributed by atoms with Crippen molar-refractivity contribution in [2.45, 2.75) is 59.8 Å². The summed E-state index contributed by atoms with van der Waals surface area (Å²) in [5.41, 5.74) is 1.06. The van der Waals surface area contributed by atoms with Gasteiger partial charge in [0.25, 0.3) is 0 Å². The number of hydrogen-bond donors (Lipinski definition) is 1. The quantitative estimate of drug-likeness (QED) is 0.696. The van der Waals surface area contributed by atoms with Crippen LogP contribution in [0.25, 0.3) is 0 Å². The monoisotopic (exact) mass is 270 g/mol. The van der Waals surface area contributed by atoms with Crippen molar-refractivity contribution in [3.8, 4) is 0 Å². The van der Waals surface area contributed by atoms with Crippen LogP contribution >= 0.6 is 11.3 Å². The van der Waals surface area contributed by atoms with Gasteiger partial charge < -0.3 is 10.1 Å². The van der Waals surface area contributed by atoms with Crippen LogP contribution < -0.4 is 5.32 Å². The van der Waals surface area contributed by atoms with Crippen LogP contribution in [-0.2, 0) is 17.9 Å². The highest BCUT2D eigenvalue weighted by atomic mass is 32.1. The first kappa shape index (κ1) is 15.6. The molecule has 1 heterocycles. The van der Waals surface area contributed by atoms with Crippen molar-refractivity contribution in [3.05, 3.63) is 16.1 Å². The SMILES string of the molecule is CCCNCc1nc(COC(C)CC(C)C)cs1. The molecule has 1 aromatic heterocycles. The Kier molecular flexibility index (Phi) is 7.47. The van der Waals surface area contributed by atoms with E-state index in [1.54, 1.807) is 11.3 Å². The number of hydrogen-bond acceptors (Lipinski definition) is 4. The van der Waals surface area contributed by atoms with Crippen molar-refractivity contribution < 1.29 is 4.74 Å². The Morgan fingerprint density at radius 2 is 2.17 bits per heavy atom. The highest BCUT2D eigenvalue weighted by molar-refractivity contribution is 7.09. The number of nitrogens with zero attached hydrogens (tertiary/aromatic N) is 1. The average molecular weight is 270 g/mol. The lowest BCUT2D eigenvalue weighted by Crippen LogP contribution is -2.14. The molecule has 0 aromatic carbocycles. The number of ether oxygens (including phenoxy) is 1. The van der Waals surface area contributed by atoms with Gasteiger partial charge in [0.2, 0.25) is 0 Å². The first-order chi connectivity index (χ1) is 8.61. The van der Waals surface area contributed by atoms with Crippen LogP contribution in [0.5, 0.6) is 0 Å². The van der Waals surface area contributed by atoms with Gasteiger partial charge in [-0.25, -0.2) is 4.98 Å². The van der Waals surface area contributed by atoms with Crippen LogP contribution in [-0.4, -0.2) is 17.6 Å². The first-order valence-corrected chi connectivity index (χ1v) is 7.75. The third-order valence-electron chi connectivity index (χ3n) is 2.62. The van der Waals surface area contributed by atoms with Crippen LogP contribution in [0.2, 0.25) is 0 Å². The predicted octanol–water partition coefficient (Wildman–Crippen LogP) is 3.59. The lowest BCUT2D eigenvalue weighted by molar-refractivity contribution is 0.0381. The molecule has 1 rings (SSSR count). The zero-order chi connectivity index (χ0) is 13.4. The Morgan fingerprint density at radius 3 is 2.83 bits per heavy atom. The zero-order valence-electron chi connectivity index (χ0n) is 12.0. The minimum absolute atomic E-state index is 0.313. The molecule has 1 N–H and O–H groups in total. The van der Waals surface area contributed by atoms with Crippen LogP contribution in [0, 0.1) is 5.92 Å². The molecular formula is C14H26N2OS. The fourth-order valence-electron chi connectivity index (χ4n) is 1.83. The summed E-state index contributed by atoms with van der Waals surface area (Å²) < 4.78 is 5.80. The normalized spacial score (nSPS) is 13.2. The van der Waals surface area contributed by atoms with Gasteiger partial charge in [-0.1, -0.05) is 20.8 Å². The van der Waals surface area contributed by atoms with Crippen LogP contribution in [0.1, 0.15) is 51.2 Å². The highest BCUT2D eigenvalue weighted by Crippen LogP contribution is 2.13. The van der Waals surface area contributed by atoms with Crippen molar-refractivity contribution in [3.63, 3.8) is 0 Å². The molecule has 0 saturated carbocycles. The van der Waals surface area contributed by atoms with E-state index in [9.17, 15) is 0 Å². The minimum Gasteiger partial charge on any atom is -0.372 e. The molecule has 1 atom stereocenters. The van der Waals surface area contributed by atoms with Gasteiger partial charge in [0.1, 0.15) is 5.01 Å². The molecule has 0 saturated heterocycles. The standard InChI is InChI=1S/C14H26N2OS/c1-5-6-15-8-14-16-13(10-18-14)9-17-12(4)7-11(2)3/h10-12,15H,5-9H2,1-4H3. The third-order valence-corrected chi connectivity index (χ3v) is 3.52. The topological polar surface area (TPSA) is 34.2 Å². The molecule has 0 fully saturated rings. The summed E-state index contributed by atoms with van der Waals surface area (Å²) in [5, 5.41) is 6.62. The average Bonchev–Trinajstić information content (AvgIpc) is 2.74. The lowest BCUT2D eigenvalue weighted by Gasteiger charge is -2.14. The zero-order valence-corrected chi connectivity index (χ0v) is 12.8. The van der Waals surface area contributed by atoms with Gasteiger partial charge in [-0.05, 0) is 32.2 Å². The van der Waals surface area contributed by atoms with Crippen LogP contribution in [0.4, 0.5) is 0 Å². The molecule has 1 aromatic rings. The van der Waals surface area contributed by atoms with Gasteiger partial charge in [-0.3, -0.25) is 0 Å².